The second-order valence-corrected chi connectivity index (χ2v) is 7.67. The summed E-state index contributed by atoms with van der Waals surface area (Å²) in [5.74, 6) is -0.192. The fraction of sp³-hybridized carbons (Fsp3) is 0.667. The van der Waals surface area contributed by atoms with Crippen LogP contribution >= 0.6 is 23.1 Å². The first-order valence-electron chi connectivity index (χ1n) is 6.28. The van der Waals surface area contributed by atoms with Gasteiger partial charge in [0.15, 0.2) is 4.34 Å². The molecule has 118 valence electrons. The number of likely N-dealkylation sites (tertiary alicyclic amines) is 1. The third-order valence-electron chi connectivity index (χ3n) is 3.19. The minimum atomic E-state index is -4.38. The molecule has 1 N–H and O–H groups in total. The molecule has 1 aromatic heterocycles. The summed E-state index contributed by atoms with van der Waals surface area (Å²) in [4.78, 5) is 18.0. The van der Waals surface area contributed by atoms with Crippen LogP contribution in [-0.4, -0.2) is 45.1 Å². The van der Waals surface area contributed by atoms with Crippen LogP contribution in [0.2, 0.25) is 0 Å². The molecular weight excluding hydrogens is 325 g/mol. The van der Waals surface area contributed by atoms with Crippen molar-refractivity contribution in [2.75, 3.05) is 13.1 Å². The zero-order valence-corrected chi connectivity index (χ0v) is 13.2. The molecule has 1 unspecified atom stereocenters. The van der Waals surface area contributed by atoms with E-state index in [-0.39, 0.29) is 35.0 Å². The highest BCUT2D eigenvalue weighted by atomic mass is 32.2. The second-order valence-electron chi connectivity index (χ2n) is 5.28. The number of carbonyl (C=O) groups is 1. The fourth-order valence-corrected chi connectivity index (χ4v) is 4.03. The Hall–Kier alpha value is -0.800. The maximum absolute atomic E-state index is 12.3. The van der Waals surface area contributed by atoms with E-state index in [4.69, 9.17) is 0 Å². The molecule has 0 aromatic carbocycles. The Morgan fingerprint density at radius 3 is 2.76 bits per heavy atom. The average molecular weight is 340 g/mol. The number of carbonyl (C=O) groups excluding carboxylic acids is 1. The Labute approximate surface area is 128 Å². The van der Waals surface area contributed by atoms with Crippen LogP contribution < -0.4 is 0 Å². The van der Waals surface area contributed by atoms with Gasteiger partial charge in [0.05, 0.1) is 17.7 Å². The summed E-state index contributed by atoms with van der Waals surface area (Å²) in [6.45, 7) is 3.98. The largest absolute Gasteiger partial charge is 0.448 e. The molecule has 0 bridgehead atoms. The Kier molecular flexibility index (Phi) is 4.55. The first kappa shape index (κ1) is 16.6. The molecule has 2 heterocycles. The summed E-state index contributed by atoms with van der Waals surface area (Å²) >= 11 is 0.633. The van der Waals surface area contributed by atoms with E-state index in [1.165, 1.54) is 4.90 Å². The van der Waals surface area contributed by atoms with E-state index in [2.05, 4.69) is 4.98 Å². The Morgan fingerprint density at radius 2 is 2.24 bits per heavy atom. The summed E-state index contributed by atoms with van der Waals surface area (Å²) in [6, 6.07) is 0. The zero-order chi connectivity index (χ0) is 15.8. The summed E-state index contributed by atoms with van der Waals surface area (Å²) < 4.78 is 36.8. The Morgan fingerprint density at radius 1 is 1.57 bits per heavy atom. The van der Waals surface area contributed by atoms with Gasteiger partial charge in [0, 0.05) is 29.7 Å². The van der Waals surface area contributed by atoms with Gasteiger partial charge in [-0.3, -0.25) is 4.79 Å². The van der Waals surface area contributed by atoms with Crippen LogP contribution in [0.4, 0.5) is 13.2 Å². The number of nitrogens with zero attached hydrogens (tertiary/aromatic N) is 2. The highest BCUT2D eigenvalue weighted by Gasteiger charge is 2.35. The van der Waals surface area contributed by atoms with Crippen molar-refractivity contribution in [2.45, 2.75) is 42.1 Å². The summed E-state index contributed by atoms with van der Waals surface area (Å²) in [5.41, 5.74) is -4.80. The predicted octanol–water partition coefficient (Wildman–Crippen LogP) is 2.59. The molecule has 0 aliphatic carbocycles. The third-order valence-corrected chi connectivity index (χ3v) is 5.14. The number of aliphatic hydroxyl groups is 1. The lowest BCUT2D eigenvalue weighted by Crippen LogP contribution is -2.34. The van der Waals surface area contributed by atoms with E-state index in [1.54, 1.807) is 13.8 Å². The van der Waals surface area contributed by atoms with Crippen LogP contribution in [0, 0.1) is 6.92 Å². The van der Waals surface area contributed by atoms with Gasteiger partial charge in [-0.05, 0) is 20.3 Å². The van der Waals surface area contributed by atoms with E-state index in [1.807, 2.05) is 0 Å². The van der Waals surface area contributed by atoms with Crippen LogP contribution in [0.25, 0.3) is 0 Å². The number of alkyl halides is 3. The molecule has 4 nitrogen and oxygen atoms in total. The van der Waals surface area contributed by atoms with Crippen molar-refractivity contribution in [3.05, 3.63) is 10.6 Å². The van der Waals surface area contributed by atoms with Crippen LogP contribution in [-0.2, 0) is 11.2 Å². The van der Waals surface area contributed by atoms with Crippen molar-refractivity contribution in [1.29, 1.82) is 0 Å². The molecule has 1 aliphatic heterocycles. The molecule has 2 rings (SSSR count). The number of halogens is 3. The maximum Gasteiger partial charge on any atom is 0.448 e. The molecular formula is C12H15F3N2O2S2. The normalized spacial score (nSPS) is 22.9. The van der Waals surface area contributed by atoms with Crippen LogP contribution in [0.5, 0.6) is 0 Å². The lowest BCUT2D eigenvalue weighted by atomic mass is 10.1. The van der Waals surface area contributed by atoms with Crippen molar-refractivity contribution in [3.63, 3.8) is 0 Å². The van der Waals surface area contributed by atoms with E-state index in [0.29, 0.717) is 23.5 Å². The van der Waals surface area contributed by atoms with Gasteiger partial charge < -0.3 is 10.0 Å². The highest BCUT2D eigenvalue weighted by Crippen LogP contribution is 2.39. The minimum absolute atomic E-state index is 0.0258. The van der Waals surface area contributed by atoms with Gasteiger partial charge in [-0.15, -0.1) is 11.3 Å². The molecule has 1 aliphatic rings. The quantitative estimate of drug-likeness (QED) is 0.860. The predicted molar refractivity (Wildman–Crippen MR) is 74.3 cm³/mol. The zero-order valence-electron chi connectivity index (χ0n) is 11.5. The average Bonchev–Trinajstić information content (AvgIpc) is 2.80. The van der Waals surface area contributed by atoms with E-state index < -0.39 is 11.1 Å². The molecule has 9 heteroatoms. The molecule has 0 spiro atoms. The van der Waals surface area contributed by atoms with Crippen molar-refractivity contribution in [1.82, 2.24) is 9.88 Å². The summed E-state index contributed by atoms with van der Waals surface area (Å²) in [7, 11) is 0. The van der Waals surface area contributed by atoms with Crippen LogP contribution in [0.15, 0.2) is 4.34 Å². The second kappa shape index (κ2) is 5.77. The molecule has 1 fully saturated rings. The number of β-amino-alcohol motifs (C(OH)–C–C–N with tert-alkyl or cyclic N) is 1. The Bertz CT molecular complexity index is 543. The van der Waals surface area contributed by atoms with Gasteiger partial charge in [0.25, 0.3) is 0 Å². The molecule has 1 aromatic rings. The maximum atomic E-state index is 12.3. The summed E-state index contributed by atoms with van der Waals surface area (Å²) in [5, 5.41) is 9.83. The molecule has 1 saturated heterocycles. The molecule has 0 saturated carbocycles. The van der Waals surface area contributed by atoms with Crippen molar-refractivity contribution < 1.29 is 23.1 Å². The number of hydrogen-bond acceptors (Lipinski definition) is 5. The van der Waals surface area contributed by atoms with Gasteiger partial charge in [-0.2, -0.15) is 13.2 Å². The SMILES string of the molecule is Cc1nc(SC(F)(F)F)sc1CC(=O)N1CCC(C)(O)C1. The monoisotopic (exact) mass is 340 g/mol. The molecule has 1 amide bonds. The lowest BCUT2D eigenvalue weighted by Gasteiger charge is -2.18. The number of thiazole rings is 1. The van der Waals surface area contributed by atoms with Gasteiger partial charge in [-0.1, -0.05) is 0 Å². The number of hydrogen-bond donors (Lipinski definition) is 1. The standard InChI is InChI=1S/C12H15F3N2O2S2/c1-7-8(20-10(16-7)21-12(13,14)15)5-9(18)17-4-3-11(2,19)6-17/h19H,3-6H2,1-2H3. The molecule has 1 atom stereocenters. The van der Waals surface area contributed by atoms with Gasteiger partial charge >= 0.3 is 5.51 Å². The number of rotatable bonds is 3. The molecule has 0 radical (unpaired) electrons. The third kappa shape index (κ3) is 4.58. The van der Waals surface area contributed by atoms with Crippen LogP contribution in [0.3, 0.4) is 0 Å². The number of thioether (sulfide) groups is 1. The van der Waals surface area contributed by atoms with E-state index >= 15 is 0 Å². The van der Waals surface area contributed by atoms with Gasteiger partial charge in [0.1, 0.15) is 0 Å². The first-order chi connectivity index (χ1) is 9.56. The fourth-order valence-electron chi connectivity index (χ4n) is 2.12. The van der Waals surface area contributed by atoms with E-state index in [9.17, 15) is 23.1 Å². The minimum Gasteiger partial charge on any atom is -0.388 e. The molecule has 21 heavy (non-hydrogen) atoms. The van der Waals surface area contributed by atoms with Crippen LogP contribution in [0.1, 0.15) is 23.9 Å². The van der Waals surface area contributed by atoms with Crippen molar-refractivity contribution >= 4 is 29.0 Å². The van der Waals surface area contributed by atoms with Crippen molar-refractivity contribution in [2.24, 2.45) is 0 Å². The van der Waals surface area contributed by atoms with E-state index in [0.717, 1.165) is 11.3 Å². The van der Waals surface area contributed by atoms with Gasteiger partial charge in [-0.25, -0.2) is 4.98 Å². The topological polar surface area (TPSA) is 53.4 Å². The smallest absolute Gasteiger partial charge is 0.388 e. The first-order valence-corrected chi connectivity index (χ1v) is 7.91. The Balaban J connectivity index is 2.01. The summed E-state index contributed by atoms with van der Waals surface area (Å²) in [6.07, 6.45) is 0.535. The van der Waals surface area contributed by atoms with Crippen molar-refractivity contribution in [3.8, 4) is 0 Å². The van der Waals surface area contributed by atoms with Gasteiger partial charge in [0.2, 0.25) is 5.91 Å². The highest BCUT2D eigenvalue weighted by molar-refractivity contribution is 8.01. The lowest BCUT2D eigenvalue weighted by molar-refractivity contribution is -0.130. The number of aryl methyl sites for hydroxylation is 1. The number of amides is 1. The number of aromatic nitrogens is 1.